The van der Waals surface area contributed by atoms with E-state index in [4.69, 9.17) is 0 Å². The van der Waals surface area contributed by atoms with Crippen LogP contribution in [0.2, 0.25) is 0 Å². The van der Waals surface area contributed by atoms with Crippen molar-refractivity contribution >= 4 is 11.6 Å². The smallest absolute Gasteiger partial charge is 0.191 e. The molecule has 2 aliphatic rings. The second-order valence-electron chi connectivity index (χ2n) is 7.68. The molecule has 3 rings (SSSR count). The van der Waals surface area contributed by atoms with Crippen molar-refractivity contribution in [1.29, 1.82) is 0 Å². The normalized spacial score (nSPS) is 22.0. The van der Waals surface area contributed by atoms with E-state index in [1.807, 2.05) is 7.05 Å². The molecule has 1 heterocycles. The molecular formula is C21H35N5. The lowest BCUT2D eigenvalue weighted by atomic mass is 9.94. The van der Waals surface area contributed by atoms with Crippen molar-refractivity contribution < 1.29 is 0 Å². The number of aliphatic imine (C=N–C) groups is 1. The molecule has 1 aliphatic heterocycles. The van der Waals surface area contributed by atoms with Crippen LogP contribution in [-0.2, 0) is 0 Å². The summed E-state index contributed by atoms with van der Waals surface area (Å²) < 4.78 is 0. The van der Waals surface area contributed by atoms with E-state index in [1.54, 1.807) is 0 Å². The van der Waals surface area contributed by atoms with Gasteiger partial charge in [0.15, 0.2) is 5.96 Å². The van der Waals surface area contributed by atoms with Crippen LogP contribution in [0.5, 0.6) is 0 Å². The number of nitrogens with one attached hydrogen (secondary N) is 2. The van der Waals surface area contributed by atoms with Crippen molar-refractivity contribution in [1.82, 2.24) is 15.5 Å². The molecular weight excluding hydrogens is 322 g/mol. The summed E-state index contributed by atoms with van der Waals surface area (Å²) in [5.41, 5.74) is 1.31. The van der Waals surface area contributed by atoms with E-state index < -0.39 is 0 Å². The standard InChI is InChI=1S/C21H35N5/c1-22-21(23-14-16-25(2)19-9-5-3-6-10-19)24-18-13-15-26(17-18)20-11-7-4-8-12-20/h4,7-8,11-12,18-19H,3,5-6,9-10,13-17H2,1-2H3,(H2,22,23,24). The topological polar surface area (TPSA) is 42.9 Å². The second kappa shape index (κ2) is 9.81. The molecule has 2 N–H and O–H groups in total. The van der Waals surface area contributed by atoms with Crippen LogP contribution < -0.4 is 15.5 Å². The average Bonchev–Trinajstić information content (AvgIpc) is 3.17. The molecule has 1 aromatic rings. The van der Waals surface area contributed by atoms with Crippen LogP contribution in [0.15, 0.2) is 35.3 Å². The Hall–Kier alpha value is -1.75. The highest BCUT2D eigenvalue weighted by atomic mass is 15.3. The van der Waals surface area contributed by atoms with Crippen molar-refractivity contribution in [2.24, 2.45) is 4.99 Å². The van der Waals surface area contributed by atoms with Crippen LogP contribution in [0.4, 0.5) is 5.69 Å². The van der Waals surface area contributed by atoms with E-state index in [0.717, 1.165) is 44.6 Å². The van der Waals surface area contributed by atoms with Gasteiger partial charge in [-0.2, -0.15) is 0 Å². The van der Waals surface area contributed by atoms with Gasteiger partial charge in [-0.25, -0.2) is 0 Å². The van der Waals surface area contributed by atoms with Gasteiger partial charge in [0.2, 0.25) is 0 Å². The van der Waals surface area contributed by atoms with Gasteiger partial charge in [-0.15, -0.1) is 0 Å². The van der Waals surface area contributed by atoms with Gasteiger partial charge in [0, 0.05) is 51.0 Å². The van der Waals surface area contributed by atoms with E-state index in [1.165, 1.54) is 37.8 Å². The highest BCUT2D eigenvalue weighted by Crippen LogP contribution is 2.21. The third kappa shape index (κ3) is 5.37. The average molecular weight is 358 g/mol. The lowest BCUT2D eigenvalue weighted by Crippen LogP contribution is -2.47. The largest absolute Gasteiger partial charge is 0.369 e. The summed E-state index contributed by atoms with van der Waals surface area (Å²) in [7, 11) is 4.13. The first-order valence-corrected chi connectivity index (χ1v) is 10.2. The molecule has 5 heteroatoms. The summed E-state index contributed by atoms with van der Waals surface area (Å²) in [6.07, 6.45) is 8.08. The van der Waals surface area contributed by atoms with Crippen molar-refractivity contribution in [3.63, 3.8) is 0 Å². The fourth-order valence-electron chi connectivity index (χ4n) is 4.19. The van der Waals surface area contributed by atoms with Gasteiger partial charge in [0.1, 0.15) is 0 Å². The van der Waals surface area contributed by atoms with E-state index in [0.29, 0.717) is 6.04 Å². The Morgan fingerprint density at radius 3 is 2.65 bits per heavy atom. The summed E-state index contributed by atoms with van der Waals surface area (Å²) in [5, 5.41) is 7.10. The van der Waals surface area contributed by atoms with Gasteiger partial charge in [-0.3, -0.25) is 4.99 Å². The zero-order valence-electron chi connectivity index (χ0n) is 16.5. The number of nitrogens with zero attached hydrogens (tertiary/aromatic N) is 3. The predicted molar refractivity (Wildman–Crippen MR) is 111 cm³/mol. The van der Waals surface area contributed by atoms with Crippen LogP contribution in [0.1, 0.15) is 38.5 Å². The molecule has 1 unspecified atom stereocenters. The Morgan fingerprint density at radius 2 is 1.92 bits per heavy atom. The SMILES string of the molecule is CN=C(NCCN(C)C1CCCCC1)NC1CCN(c2ccccc2)C1. The monoisotopic (exact) mass is 357 g/mol. The third-order valence-corrected chi connectivity index (χ3v) is 5.83. The fourth-order valence-corrected chi connectivity index (χ4v) is 4.19. The molecule has 1 atom stereocenters. The maximum Gasteiger partial charge on any atom is 0.191 e. The zero-order chi connectivity index (χ0) is 18.2. The molecule has 1 aromatic carbocycles. The highest BCUT2D eigenvalue weighted by molar-refractivity contribution is 5.80. The number of guanidine groups is 1. The van der Waals surface area contributed by atoms with Crippen LogP contribution in [0.3, 0.4) is 0 Å². The summed E-state index contributed by atoms with van der Waals surface area (Å²) in [6.45, 7) is 4.16. The predicted octanol–water partition coefficient (Wildman–Crippen LogP) is 2.69. The number of likely N-dealkylation sites (N-methyl/N-ethyl adjacent to an activating group) is 1. The van der Waals surface area contributed by atoms with E-state index in [9.17, 15) is 0 Å². The number of anilines is 1. The first kappa shape index (κ1) is 19.0. The lowest BCUT2D eigenvalue weighted by Gasteiger charge is -2.31. The van der Waals surface area contributed by atoms with Gasteiger partial charge in [-0.1, -0.05) is 37.5 Å². The van der Waals surface area contributed by atoms with Gasteiger partial charge >= 0.3 is 0 Å². The summed E-state index contributed by atoms with van der Waals surface area (Å²) in [5.74, 6) is 0.932. The van der Waals surface area contributed by atoms with Crippen molar-refractivity contribution in [2.75, 3.05) is 45.2 Å². The minimum absolute atomic E-state index is 0.456. The van der Waals surface area contributed by atoms with E-state index in [-0.39, 0.29) is 0 Å². The number of para-hydroxylation sites is 1. The molecule has 0 amide bonds. The molecule has 144 valence electrons. The van der Waals surface area contributed by atoms with Gasteiger partial charge in [0.05, 0.1) is 0 Å². The molecule has 0 bridgehead atoms. The maximum atomic E-state index is 4.42. The molecule has 1 saturated heterocycles. The van der Waals surface area contributed by atoms with Gasteiger partial charge in [0.25, 0.3) is 0 Å². The molecule has 5 nitrogen and oxygen atoms in total. The summed E-state index contributed by atoms with van der Waals surface area (Å²) in [6, 6.07) is 11.9. The minimum Gasteiger partial charge on any atom is -0.369 e. The van der Waals surface area contributed by atoms with Gasteiger partial charge in [-0.05, 0) is 38.4 Å². The van der Waals surface area contributed by atoms with Crippen LogP contribution >= 0.6 is 0 Å². The number of benzene rings is 1. The van der Waals surface area contributed by atoms with Crippen molar-refractivity contribution in [3.05, 3.63) is 30.3 Å². The molecule has 0 spiro atoms. The molecule has 1 saturated carbocycles. The van der Waals surface area contributed by atoms with Crippen molar-refractivity contribution in [3.8, 4) is 0 Å². The maximum absolute atomic E-state index is 4.42. The fraction of sp³-hybridized carbons (Fsp3) is 0.667. The summed E-state index contributed by atoms with van der Waals surface area (Å²) >= 11 is 0. The minimum atomic E-state index is 0.456. The Balaban J connectivity index is 1.38. The first-order chi connectivity index (χ1) is 12.8. The molecule has 0 radical (unpaired) electrons. The Morgan fingerprint density at radius 1 is 1.15 bits per heavy atom. The first-order valence-electron chi connectivity index (χ1n) is 10.2. The van der Waals surface area contributed by atoms with Crippen molar-refractivity contribution in [2.45, 2.75) is 50.6 Å². The Labute approximate surface area is 158 Å². The van der Waals surface area contributed by atoms with E-state index >= 15 is 0 Å². The zero-order valence-corrected chi connectivity index (χ0v) is 16.5. The molecule has 1 aliphatic carbocycles. The Kier molecular flexibility index (Phi) is 7.18. The highest BCUT2D eigenvalue weighted by Gasteiger charge is 2.23. The number of rotatable bonds is 6. The molecule has 2 fully saturated rings. The summed E-state index contributed by atoms with van der Waals surface area (Å²) in [4.78, 5) is 9.38. The van der Waals surface area contributed by atoms with Crippen LogP contribution in [-0.4, -0.2) is 63.2 Å². The lowest BCUT2D eigenvalue weighted by molar-refractivity contribution is 0.194. The van der Waals surface area contributed by atoms with Gasteiger partial charge < -0.3 is 20.4 Å². The van der Waals surface area contributed by atoms with E-state index in [2.05, 4.69) is 62.8 Å². The number of hydrogen-bond donors (Lipinski definition) is 2. The number of hydrogen-bond acceptors (Lipinski definition) is 3. The molecule has 26 heavy (non-hydrogen) atoms. The molecule has 0 aromatic heterocycles. The second-order valence-corrected chi connectivity index (χ2v) is 7.68. The van der Waals surface area contributed by atoms with Crippen LogP contribution in [0, 0.1) is 0 Å². The Bertz CT molecular complexity index is 553. The quantitative estimate of drug-likeness (QED) is 0.607. The third-order valence-electron chi connectivity index (χ3n) is 5.83. The van der Waals surface area contributed by atoms with Crippen LogP contribution in [0.25, 0.3) is 0 Å².